The van der Waals surface area contributed by atoms with E-state index in [9.17, 15) is 0 Å². The van der Waals surface area contributed by atoms with Crippen molar-refractivity contribution in [3.8, 4) is 0 Å². The van der Waals surface area contributed by atoms with Gasteiger partial charge in [0.2, 0.25) is 0 Å². The van der Waals surface area contributed by atoms with Gasteiger partial charge in [0.25, 0.3) is 0 Å². The maximum absolute atomic E-state index is 3.53. The third-order valence-corrected chi connectivity index (χ3v) is 3.97. The van der Waals surface area contributed by atoms with Crippen molar-refractivity contribution in [3.05, 3.63) is 59.7 Å². The van der Waals surface area contributed by atoms with Gasteiger partial charge in [-0.05, 0) is 29.7 Å². The van der Waals surface area contributed by atoms with Gasteiger partial charge in [-0.1, -0.05) is 64.5 Å². The fourth-order valence-corrected chi connectivity index (χ4v) is 2.77. The van der Waals surface area contributed by atoms with Crippen molar-refractivity contribution >= 4 is 39.5 Å². The first kappa shape index (κ1) is 12.5. The van der Waals surface area contributed by atoms with Crippen LogP contribution in [0.4, 0.5) is 11.4 Å². The lowest BCUT2D eigenvalue weighted by molar-refractivity contribution is 0.897. The van der Waals surface area contributed by atoms with Gasteiger partial charge in [-0.25, -0.2) is 0 Å². The molecular formula is C17H16BrN. The number of hydrogen-bond acceptors (Lipinski definition) is 1. The second-order valence-electron chi connectivity index (χ2n) is 4.65. The number of anilines is 2. The number of benzene rings is 2. The van der Waals surface area contributed by atoms with E-state index >= 15 is 0 Å². The summed E-state index contributed by atoms with van der Waals surface area (Å²) >= 11 is 3.53. The molecule has 0 radical (unpaired) electrons. The lowest BCUT2D eigenvalue weighted by Gasteiger charge is -2.26. The summed E-state index contributed by atoms with van der Waals surface area (Å²) in [5.41, 5.74) is 5.16. The first-order chi connectivity index (χ1) is 9.40. The highest BCUT2D eigenvalue weighted by Gasteiger charge is 2.16. The standard InChI is InChI=1S/C17H16BrN/c18-12-5-13-19-16-8-3-1-6-14(16)10-11-15-7-2-4-9-17(15)19/h1-4,6-11H,5,12-13H2. The lowest BCUT2D eigenvalue weighted by atomic mass is 10.1. The normalized spacial score (nSPS) is 12.8. The molecule has 0 bridgehead atoms. The molecule has 1 aliphatic rings. The lowest BCUT2D eigenvalue weighted by Crippen LogP contribution is -2.19. The van der Waals surface area contributed by atoms with Crippen LogP contribution in [0.1, 0.15) is 17.5 Å². The van der Waals surface area contributed by atoms with Crippen molar-refractivity contribution in [3.63, 3.8) is 0 Å². The quantitative estimate of drug-likeness (QED) is 0.713. The zero-order chi connectivity index (χ0) is 13.1. The Bertz CT molecular complexity index is 554. The monoisotopic (exact) mass is 313 g/mol. The summed E-state index contributed by atoms with van der Waals surface area (Å²) in [6.45, 7) is 1.03. The van der Waals surface area contributed by atoms with Gasteiger partial charge in [-0.2, -0.15) is 0 Å². The van der Waals surface area contributed by atoms with E-state index in [1.54, 1.807) is 0 Å². The highest BCUT2D eigenvalue weighted by molar-refractivity contribution is 9.09. The molecule has 0 fully saturated rings. The van der Waals surface area contributed by atoms with Gasteiger partial charge in [0, 0.05) is 23.2 Å². The molecule has 0 saturated carbocycles. The number of nitrogens with zero attached hydrogens (tertiary/aromatic N) is 1. The number of rotatable bonds is 3. The molecule has 0 aromatic heterocycles. The summed E-state index contributed by atoms with van der Waals surface area (Å²) in [5.74, 6) is 0. The third-order valence-electron chi connectivity index (χ3n) is 3.41. The molecule has 0 saturated heterocycles. The topological polar surface area (TPSA) is 3.24 Å². The SMILES string of the molecule is BrCCCN1c2ccccc2C=Cc2ccccc21. The third kappa shape index (κ3) is 2.45. The first-order valence-corrected chi connectivity index (χ1v) is 7.72. The first-order valence-electron chi connectivity index (χ1n) is 6.60. The number of fused-ring (bicyclic) bond motifs is 2. The second kappa shape index (κ2) is 5.62. The van der Waals surface area contributed by atoms with E-state index in [-0.39, 0.29) is 0 Å². The number of hydrogen-bond donors (Lipinski definition) is 0. The van der Waals surface area contributed by atoms with Crippen LogP contribution in [-0.2, 0) is 0 Å². The Hall–Kier alpha value is -1.54. The van der Waals surface area contributed by atoms with E-state index in [0.29, 0.717) is 0 Å². The van der Waals surface area contributed by atoms with E-state index in [1.807, 2.05) is 0 Å². The van der Waals surface area contributed by atoms with Gasteiger partial charge in [-0.3, -0.25) is 0 Å². The van der Waals surface area contributed by atoms with Gasteiger partial charge in [0.05, 0.1) is 0 Å². The average molecular weight is 314 g/mol. The predicted octanol–water partition coefficient (Wildman–Crippen LogP) is 5.09. The zero-order valence-electron chi connectivity index (χ0n) is 10.7. The molecular weight excluding hydrogens is 298 g/mol. The van der Waals surface area contributed by atoms with E-state index in [4.69, 9.17) is 0 Å². The molecule has 0 unspecified atom stereocenters. The van der Waals surface area contributed by atoms with Crippen LogP contribution in [0.5, 0.6) is 0 Å². The second-order valence-corrected chi connectivity index (χ2v) is 5.44. The highest BCUT2D eigenvalue weighted by Crippen LogP contribution is 2.36. The van der Waals surface area contributed by atoms with Crippen molar-refractivity contribution in [2.75, 3.05) is 16.8 Å². The summed E-state index contributed by atoms with van der Waals surface area (Å²) in [5, 5.41) is 1.03. The smallest absolute Gasteiger partial charge is 0.0484 e. The maximum atomic E-state index is 3.53. The minimum Gasteiger partial charge on any atom is -0.340 e. The zero-order valence-corrected chi connectivity index (χ0v) is 12.3. The van der Waals surface area contributed by atoms with Crippen molar-refractivity contribution in [1.29, 1.82) is 0 Å². The van der Waals surface area contributed by atoms with Crippen molar-refractivity contribution in [2.45, 2.75) is 6.42 Å². The molecule has 0 N–H and O–H groups in total. The van der Waals surface area contributed by atoms with Gasteiger partial charge < -0.3 is 4.90 Å². The Morgan fingerprint density at radius 3 is 1.84 bits per heavy atom. The Morgan fingerprint density at radius 2 is 1.32 bits per heavy atom. The van der Waals surface area contributed by atoms with Crippen LogP contribution in [-0.4, -0.2) is 11.9 Å². The minimum atomic E-state index is 1.03. The highest BCUT2D eigenvalue weighted by atomic mass is 79.9. The summed E-state index contributed by atoms with van der Waals surface area (Å²) < 4.78 is 0. The van der Waals surface area contributed by atoms with E-state index in [2.05, 4.69) is 81.5 Å². The van der Waals surface area contributed by atoms with Crippen LogP contribution < -0.4 is 4.90 Å². The van der Waals surface area contributed by atoms with E-state index in [0.717, 1.165) is 18.3 Å². The summed E-state index contributed by atoms with van der Waals surface area (Å²) in [6.07, 6.45) is 5.55. The Morgan fingerprint density at radius 1 is 0.789 bits per heavy atom. The summed E-state index contributed by atoms with van der Waals surface area (Å²) in [6, 6.07) is 17.2. The fraction of sp³-hybridized carbons (Fsp3) is 0.176. The maximum Gasteiger partial charge on any atom is 0.0484 e. The predicted molar refractivity (Wildman–Crippen MR) is 87.2 cm³/mol. The number of alkyl halides is 1. The van der Waals surface area contributed by atoms with Gasteiger partial charge in [0.15, 0.2) is 0 Å². The van der Waals surface area contributed by atoms with Crippen molar-refractivity contribution < 1.29 is 0 Å². The Kier molecular flexibility index (Phi) is 3.69. The summed E-state index contributed by atoms with van der Waals surface area (Å²) in [7, 11) is 0. The van der Waals surface area contributed by atoms with Crippen LogP contribution in [0.15, 0.2) is 48.5 Å². The minimum absolute atomic E-state index is 1.03. The molecule has 19 heavy (non-hydrogen) atoms. The molecule has 2 aromatic carbocycles. The van der Waals surface area contributed by atoms with Crippen LogP contribution in [0.2, 0.25) is 0 Å². The molecule has 0 amide bonds. The van der Waals surface area contributed by atoms with Crippen LogP contribution in [0, 0.1) is 0 Å². The van der Waals surface area contributed by atoms with Crippen molar-refractivity contribution in [2.24, 2.45) is 0 Å². The van der Waals surface area contributed by atoms with Crippen LogP contribution in [0.25, 0.3) is 12.2 Å². The Balaban J connectivity index is 2.12. The number of para-hydroxylation sites is 2. The van der Waals surface area contributed by atoms with Gasteiger partial charge >= 0.3 is 0 Å². The summed E-state index contributed by atoms with van der Waals surface area (Å²) in [4.78, 5) is 2.42. The Labute approximate surface area is 122 Å². The van der Waals surface area contributed by atoms with Crippen LogP contribution in [0.3, 0.4) is 0 Å². The molecule has 0 spiro atoms. The molecule has 3 rings (SSSR count). The van der Waals surface area contributed by atoms with Crippen molar-refractivity contribution in [1.82, 2.24) is 0 Å². The molecule has 0 aliphatic carbocycles. The van der Waals surface area contributed by atoms with E-state index < -0.39 is 0 Å². The van der Waals surface area contributed by atoms with Gasteiger partial charge in [-0.15, -0.1) is 0 Å². The fourth-order valence-electron chi connectivity index (χ4n) is 2.52. The molecule has 1 nitrogen and oxygen atoms in total. The number of halogens is 1. The largest absolute Gasteiger partial charge is 0.340 e. The van der Waals surface area contributed by atoms with E-state index in [1.165, 1.54) is 22.5 Å². The molecule has 96 valence electrons. The van der Waals surface area contributed by atoms with Gasteiger partial charge in [0.1, 0.15) is 0 Å². The molecule has 0 atom stereocenters. The molecule has 2 heteroatoms. The molecule has 2 aromatic rings. The van der Waals surface area contributed by atoms with Crippen LogP contribution >= 0.6 is 15.9 Å². The molecule has 1 heterocycles. The molecule has 1 aliphatic heterocycles. The average Bonchev–Trinajstić information content (AvgIpc) is 2.62.